The molecule has 0 aliphatic heterocycles. The lowest BCUT2D eigenvalue weighted by molar-refractivity contribution is -0.138. The van der Waals surface area contributed by atoms with E-state index in [0.29, 0.717) is 13.1 Å². The molecule has 0 radical (unpaired) electrons. The molecule has 3 N–H and O–H groups in total. The zero-order valence-electron chi connectivity index (χ0n) is 13.7. The smallest absolute Gasteiger partial charge is 0.225 e. The van der Waals surface area contributed by atoms with Crippen molar-refractivity contribution < 1.29 is 9.90 Å². The summed E-state index contributed by atoms with van der Waals surface area (Å²) in [4.78, 5) is 14.4. The van der Waals surface area contributed by atoms with Crippen molar-refractivity contribution in [3.63, 3.8) is 0 Å². The molecule has 1 fully saturated rings. The van der Waals surface area contributed by atoms with E-state index >= 15 is 0 Å². The number of aliphatic hydroxyl groups is 1. The number of hydrogen-bond donors (Lipinski definition) is 2. The van der Waals surface area contributed by atoms with Gasteiger partial charge < -0.3 is 15.7 Å². The van der Waals surface area contributed by atoms with E-state index in [4.69, 9.17) is 5.73 Å². The average Bonchev–Trinajstić information content (AvgIpc) is 2.52. The molecule has 122 valence electrons. The van der Waals surface area contributed by atoms with Gasteiger partial charge in [-0.2, -0.15) is 0 Å². The summed E-state index contributed by atoms with van der Waals surface area (Å²) < 4.78 is 0. The van der Waals surface area contributed by atoms with Gasteiger partial charge in [0, 0.05) is 18.5 Å². The van der Waals surface area contributed by atoms with E-state index in [1.807, 2.05) is 38.1 Å². The predicted octanol–water partition coefficient (Wildman–Crippen LogP) is 2.39. The van der Waals surface area contributed by atoms with E-state index in [-0.39, 0.29) is 17.9 Å². The second-order valence-corrected chi connectivity index (χ2v) is 6.43. The van der Waals surface area contributed by atoms with Gasteiger partial charge in [0.25, 0.3) is 0 Å². The molecule has 3 unspecified atom stereocenters. The van der Waals surface area contributed by atoms with Gasteiger partial charge in [0.1, 0.15) is 0 Å². The molecule has 0 bridgehead atoms. The van der Waals surface area contributed by atoms with Gasteiger partial charge in [0.05, 0.1) is 12.6 Å². The summed E-state index contributed by atoms with van der Waals surface area (Å²) in [7, 11) is 0. The van der Waals surface area contributed by atoms with E-state index in [1.54, 1.807) is 4.90 Å². The first-order valence-corrected chi connectivity index (χ1v) is 8.30. The maximum atomic E-state index is 12.7. The minimum absolute atomic E-state index is 0.0221. The number of nitrogens with zero attached hydrogens (tertiary/aromatic N) is 1. The Morgan fingerprint density at radius 3 is 2.64 bits per heavy atom. The van der Waals surface area contributed by atoms with Crippen molar-refractivity contribution in [1.82, 2.24) is 4.90 Å². The Morgan fingerprint density at radius 2 is 2.05 bits per heavy atom. The Morgan fingerprint density at radius 1 is 1.36 bits per heavy atom. The molecule has 0 saturated heterocycles. The Hall–Kier alpha value is -1.39. The molecule has 22 heavy (non-hydrogen) atoms. The average molecular weight is 304 g/mol. The molecule has 4 heteroatoms. The predicted molar refractivity (Wildman–Crippen MR) is 88.3 cm³/mol. The zero-order chi connectivity index (χ0) is 16.1. The van der Waals surface area contributed by atoms with Crippen LogP contribution in [0.15, 0.2) is 24.3 Å². The molecule has 1 amide bonds. The van der Waals surface area contributed by atoms with Crippen LogP contribution in [0.2, 0.25) is 0 Å². The molecule has 0 aromatic heterocycles. The fourth-order valence-corrected chi connectivity index (χ4v) is 3.19. The van der Waals surface area contributed by atoms with Crippen LogP contribution in [0, 0.1) is 12.8 Å². The Balaban J connectivity index is 1.98. The minimum atomic E-state index is -0.637. The second-order valence-electron chi connectivity index (χ2n) is 6.43. The topological polar surface area (TPSA) is 66.6 Å². The zero-order valence-corrected chi connectivity index (χ0v) is 13.7. The lowest BCUT2D eigenvalue weighted by Crippen LogP contribution is -2.42. The van der Waals surface area contributed by atoms with Crippen molar-refractivity contribution >= 4 is 5.91 Å². The van der Waals surface area contributed by atoms with Crippen LogP contribution >= 0.6 is 0 Å². The molecule has 1 aromatic rings. The van der Waals surface area contributed by atoms with Gasteiger partial charge in [0.15, 0.2) is 0 Å². The molecule has 2 rings (SSSR count). The van der Waals surface area contributed by atoms with E-state index in [2.05, 4.69) is 0 Å². The van der Waals surface area contributed by atoms with Crippen molar-refractivity contribution in [2.45, 2.75) is 51.7 Å². The summed E-state index contributed by atoms with van der Waals surface area (Å²) in [5, 5.41) is 10.4. The highest BCUT2D eigenvalue weighted by Gasteiger charge is 2.29. The lowest BCUT2D eigenvalue weighted by Gasteiger charge is -2.32. The van der Waals surface area contributed by atoms with E-state index in [0.717, 1.165) is 36.8 Å². The van der Waals surface area contributed by atoms with Gasteiger partial charge in [0.2, 0.25) is 5.91 Å². The molecule has 1 aromatic carbocycles. The number of rotatable bonds is 5. The molecule has 1 saturated carbocycles. The normalized spacial score (nSPS) is 23.1. The maximum absolute atomic E-state index is 12.7. The maximum Gasteiger partial charge on any atom is 0.225 e. The largest absolute Gasteiger partial charge is 0.387 e. The fraction of sp³-hybridized carbons (Fsp3) is 0.611. The first kappa shape index (κ1) is 17.0. The number of aryl methyl sites for hydroxylation is 1. The number of aliphatic hydroxyl groups excluding tert-OH is 1. The second kappa shape index (κ2) is 7.75. The molecule has 1 aliphatic rings. The van der Waals surface area contributed by atoms with Crippen molar-refractivity contribution in [2.24, 2.45) is 11.7 Å². The number of amides is 1. The number of benzene rings is 1. The highest BCUT2D eigenvalue weighted by Crippen LogP contribution is 2.26. The third kappa shape index (κ3) is 4.31. The van der Waals surface area contributed by atoms with Gasteiger partial charge in [-0.25, -0.2) is 0 Å². The van der Waals surface area contributed by atoms with Crippen LogP contribution in [0.5, 0.6) is 0 Å². The fourth-order valence-electron chi connectivity index (χ4n) is 3.19. The number of nitrogens with two attached hydrogens (primary N) is 1. The summed E-state index contributed by atoms with van der Waals surface area (Å²) >= 11 is 0. The first-order valence-electron chi connectivity index (χ1n) is 8.30. The molecular weight excluding hydrogens is 276 g/mol. The summed E-state index contributed by atoms with van der Waals surface area (Å²) in [6, 6.07) is 7.96. The van der Waals surface area contributed by atoms with Crippen LogP contribution < -0.4 is 5.73 Å². The monoisotopic (exact) mass is 304 g/mol. The molecule has 0 spiro atoms. The first-order chi connectivity index (χ1) is 10.5. The van der Waals surface area contributed by atoms with E-state index in [9.17, 15) is 9.90 Å². The summed E-state index contributed by atoms with van der Waals surface area (Å²) in [5.74, 6) is 0.165. The van der Waals surface area contributed by atoms with Crippen LogP contribution in [0.3, 0.4) is 0 Å². The van der Waals surface area contributed by atoms with Crippen LogP contribution in [0.25, 0.3) is 0 Å². The highest BCUT2D eigenvalue weighted by atomic mass is 16.3. The Labute approximate surface area is 133 Å². The summed E-state index contributed by atoms with van der Waals surface area (Å²) in [6.07, 6.45) is 3.10. The van der Waals surface area contributed by atoms with Crippen LogP contribution in [-0.4, -0.2) is 35.0 Å². The lowest BCUT2D eigenvalue weighted by atomic mass is 9.85. The van der Waals surface area contributed by atoms with Crippen LogP contribution in [0.1, 0.15) is 49.8 Å². The number of carbonyl (C=O) groups is 1. The molecular formula is C18H28N2O2. The summed E-state index contributed by atoms with van der Waals surface area (Å²) in [6.45, 7) is 4.95. The van der Waals surface area contributed by atoms with Gasteiger partial charge >= 0.3 is 0 Å². The molecule has 1 aliphatic carbocycles. The van der Waals surface area contributed by atoms with Gasteiger partial charge in [-0.1, -0.05) is 36.2 Å². The number of likely N-dealkylation sites (N-methyl/N-ethyl adjacent to an activating group) is 1. The van der Waals surface area contributed by atoms with E-state index < -0.39 is 6.10 Å². The summed E-state index contributed by atoms with van der Waals surface area (Å²) in [5.41, 5.74) is 8.01. The minimum Gasteiger partial charge on any atom is -0.387 e. The standard InChI is InChI=1S/C18H28N2O2/c1-3-20(18(22)15-5-4-6-16(19)11-15)12-17(21)14-9-7-13(2)8-10-14/h7-10,15-17,21H,3-6,11-12,19H2,1-2H3. The Kier molecular flexibility index (Phi) is 5.98. The van der Waals surface area contributed by atoms with E-state index in [1.165, 1.54) is 0 Å². The molecule has 4 nitrogen and oxygen atoms in total. The third-order valence-electron chi connectivity index (χ3n) is 4.61. The van der Waals surface area contributed by atoms with Crippen molar-refractivity contribution in [3.05, 3.63) is 35.4 Å². The van der Waals surface area contributed by atoms with Gasteiger partial charge in [-0.15, -0.1) is 0 Å². The van der Waals surface area contributed by atoms with Gasteiger partial charge in [-0.3, -0.25) is 4.79 Å². The SMILES string of the molecule is CCN(CC(O)c1ccc(C)cc1)C(=O)C1CCCC(N)C1. The highest BCUT2D eigenvalue weighted by molar-refractivity contribution is 5.79. The van der Waals surface area contributed by atoms with Crippen LogP contribution in [0.4, 0.5) is 0 Å². The quantitative estimate of drug-likeness (QED) is 0.878. The van der Waals surface area contributed by atoms with Crippen molar-refractivity contribution in [1.29, 1.82) is 0 Å². The Bertz CT molecular complexity index is 486. The van der Waals surface area contributed by atoms with Gasteiger partial charge in [-0.05, 0) is 38.7 Å². The molecule has 0 heterocycles. The van der Waals surface area contributed by atoms with Crippen LogP contribution in [-0.2, 0) is 4.79 Å². The number of hydrogen-bond acceptors (Lipinski definition) is 3. The molecule has 3 atom stereocenters. The van der Waals surface area contributed by atoms with Crippen molar-refractivity contribution in [2.75, 3.05) is 13.1 Å². The third-order valence-corrected chi connectivity index (χ3v) is 4.61. The number of carbonyl (C=O) groups excluding carboxylic acids is 1. The van der Waals surface area contributed by atoms with Crippen molar-refractivity contribution in [3.8, 4) is 0 Å².